The molecule has 4 heteroatoms. The molecule has 1 aliphatic rings. The van der Waals surface area contributed by atoms with Crippen molar-refractivity contribution < 1.29 is 4.74 Å². The first-order valence-electron chi connectivity index (χ1n) is 7.74. The van der Waals surface area contributed by atoms with Gasteiger partial charge >= 0.3 is 0 Å². The summed E-state index contributed by atoms with van der Waals surface area (Å²) in [5.41, 5.74) is 2.55. The number of aliphatic imine (C=N–C) groups is 1. The lowest BCUT2D eigenvalue weighted by molar-refractivity contribution is 0.115. The number of hydrogen-bond acceptors (Lipinski definition) is 2. The number of benzene rings is 1. The number of aryl methyl sites for hydroxylation is 1. The van der Waals surface area contributed by atoms with Crippen LogP contribution in [-0.4, -0.2) is 44.7 Å². The fourth-order valence-electron chi connectivity index (χ4n) is 2.11. The number of ether oxygens (including phenoxy) is 1. The molecular formula is C17H27N3O. The standard InChI is InChI=1S/C17H27N3O/c1-14-4-6-15(7-5-14)12-19-17(18-2)20(3)10-11-21-13-16-8-9-16/h4-7,16H,8-13H2,1-3H3,(H,18,19). The van der Waals surface area contributed by atoms with Crippen LogP contribution < -0.4 is 5.32 Å². The van der Waals surface area contributed by atoms with Crippen LogP contribution in [-0.2, 0) is 11.3 Å². The zero-order valence-corrected chi connectivity index (χ0v) is 13.4. The maximum atomic E-state index is 5.67. The Morgan fingerprint density at radius 3 is 2.67 bits per heavy atom. The first-order chi connectivity index (χ1) is 10.2. The van der Waals surface area contributed by atoms with Gasteiger partial charge in [-0.1, -0.05) is 29.8 Å². The Morgan fingerprint density at radius 1 is 1.33 bits per heavy atom. The number of rotatable bonds is 7. The minimum Gasteiger partial charge on any atom is -0.379 e. The lowest BCUT2D eigenvalue weighted by atomic mass is 10.1. The van der Waals surface area contributed by atoms with E-state index in [-0.39, 0.29) is 0 Å². The van der Waals surface area contributed by atoms with Crippen molar-refractivity contribution in [3.63, 3.8) is 0 Å². The molecule has 0 amide bonds. The van der Waals surface area contributed by atoms with Crippen molar-refractivity contribution >= 4 is 5.96 Å². The van der Waals surface area contributed by atoms with Gasteiger partial charge in [0.25, 0.3) is 0 Å². The van der Waals surface area contributed by atoms with Gasteiger partial charge in [-0.2, -0.15) is 0 Å². The van der Waals surface area contributed by atoms with Gasteiger partial charge in [0.1, 0.15) is 0 Å². The van der Waals surface area contributed by atoms with Crippen molar-refractivity contribution in [3.8, 4) is 0 Å². The summed E-state index contributed by atoms with van der Waals surface area (Å²) in [6.07, 6.45) is 2.69. The van der Waals surface area contributed by atoms with Crippen molar-refractivity contribution in [1.29, 1.82) is 0 Å². The highest BCUT2D eigenvalue weighted by Gasteiger charge is 2.21. The van der Waals surface area contributed by atoms with Gasteiger partial charge in [0, 0.05) is 33.8 Å². The second kappa shape index (κ2) is 8.03. The smallest absolute Gasteiger partial charge is 0.193 e. The van der Waals surface area contributed by atoms with Gasteiger partial charge in [0.2, 0.25) is 0 Å². The van der Waals surface area contributed by atoms with Crippen LogP contribution in [0.3, 0.4) is 0 Å². The maximum Gasteiger partial charge on any atom is 0.193 e. The van der Waals surface area contributed by atoms with Crippen LogP contribution in [0.5, 0.6) is 0 Å². The Bertz CT molecular complexity index is 452. The van der Waals surface area contributed by atoms with Crippen LogP contribution in [0.25, 0.3) is 0 Å². The quantitative estimate of drug-likeness (QED) is 0.476. The van der Waals surface area contributed by atoms with Crippen molar-refractivity contribution in [2.24, 2.45) is 10.9 Å². The minimum absolute atomic E-state index is 0.762. The fourth-order valence-corrected chi connectivity index (χ4v) is 2.11. The third-order valence-corrected chi connectivity index (χ3v) is 3.77. The number of guanidine groups is 1. The molecule has 2 rings (SSSR count). The Kier molecular flexibility index (Phi) is 6.05. The van der Waals surface area contributed by atoms with E-state index in [0.29, 0.717) is 0 Å². The Labute approximate surface area is 128 Å². The van der Waals surface area contributed by atoms with E-state index >= 15 is 0 Å². The van der Waals surface area contributed by atoms with Crippen molar-refractivity contribution in [2.75, 3.05) is 33.9 Å². The van der Waals surface area contributed by atoms with Gasteiger partial charge in [-0.15, -0.1) is 0 Å². The molecule has 0 aliphatic heterocycles. The third kappa shape index (κ3) is 5.76. The summed E-state index contributed by atoms with van der Waals surface area (Å²) in [5.74, 6) is 1.74. The molecule has 1 aromatic rings. The largest absolute Gasteiger partial charge is 0.379 e. The van der Waals surface area contributed by atoms with E-state index in [2.05, 4.69) is 46.4 Å². The van der Waals surface area contributed by atoms with Gasteiger partial charge in [0.15, 0.2) is 5.96 Å². The highest BCUT2D eigenvalue weighted by molar-refractivity contribution is 5.79. The van der Waals surface area contributed by atoms with Crippen LogP contribution in [0.15, 0.2) is 29.3 Å². The summed E-state index contributed by atoms with van der Waals surface area (Å²) >= 11 is 0. The number of nitrogens with one attached hydrogen (secondary N) is 1. The molecule has 0 heterocycles. The summed E-state index contributed by atoms with van der Waals surface area (Å²) < 4.78 is 5.67. The van der Waals surface area contributed by atoms with Crippen LogP contribution in [0.4, 0.5) is 0 Å². The van der Waals surface area contributed by atoms with Crippen LogP contribution in [0.1, 0.15) is 24.0 Å². The topological polar surface area (TPSA) is 36.9 Å². The summed E-state index contributed by atoms with van der Waals surface area (Å²) in [5, 5.41) is 3.39. The van der Waals surface area contributed by atoms with Gasteiger partial charge in [-0.25, -0.2) is 0 Å². The normalized spacial score (nSPS) is 15.1. The second-order valence-corrected chi connectivity index (χ2v) is 5.83. The zero-order chi connectivity index (χ0) is 15.1. The van der Waals surface area contributed by atoms with Gasteiger partial charge in [0.05, 0.1) is 6.61 Å². The number of likely N-dealkylation sites (N-methyl/N-ethyl adjacent to an activating group) is 1. The molecule has 0 unspecified atom stereocenters. The molecule has 0 bridgehead atoms. The first-order valence-corrected chi connectivity index (χ1v) is 7.74. The van der Waals surface area contributed by atoms with E-state index in [1.54, 1.807) is 0 Å². The minimum atomic E-state index is 0.762. The van der Waals surface area contributed by atoms with E-state index in [9.17, 15) is 0 Å². The lowest BCUT2D eigenvalue weighted by Gasteiger charge is -2.22. The molecule has 0 radical (unpaired) electrons. The third-order valence-electron chi connectivity index (χ3n) is 3.77. The maximum absolute atomic E-state index is 5.67. The van der Waals surface area contributed by atoms with Crippen LogP contribution in [0.2, 0.25) is 0 Å². The summed E-state index contributed by atoms with van der Waals surface area (Å²) in [6.45, 7) is 5.44. The van der Waals surface area contributed by atoms with E-state index in [1.165, 1.54) is 24.0 Å². The predicted molar refractivity (Wildman–Crippen MR) is 87.6 cm³/mol. The molecule has 4 nitrogen and oxygen atoms in total. The van der Waals surface area contributed by atoms with Crippen molar-refractivity contribution in [1.82, 2.24) is 10.2 Å². The zero-order valence-electron chi connectivity index (χ0n) is 13.4. The highest BCUT2D eigenvalue weighted by atomic mass is 16.5. The molecule has 0 aromatic heterocycles. The molecule has 1 fully saturated rings. The SMILES string of the molecule is CN=C(NCc1ccc(C)cc1)N(C)CCOCC1CC1. The fraction of sp³-hybridized carbons (Fsp3) is 0.588. The molecule has 116 valence electrons. The van der Waals surface area contributed by atoms with Gasteiger partial charge in [-0.3, -0.25) is 4.99 Å². The Morgan fingerprint density at radius 2 is 2.05 bits per heavy atom. The average molecular weight is 289 g/mol. The molecule has 1 saturated carbocycles. The van der Waals surface area contributed by atoms with Crippen LogP contribution in [0, 0.1) is 12.8 Å². The van der Waals surface area contributed by atoms with E-state index in [0.717, 1.165) is 38.2 Å². The van der Waals surface area contributed by atoms with E-state index < -0.39 is 0 Å². The summed E-state index contributed by atoms with van der Waals surface area (Å²) in [7, 11) is 3.87. The van der Waals surface area contributed by atoms with Crippen molar-refractivity contribution in [2.45, 2.75) is 26.3 Å². The van der Waals surface area contributed by atoms with Gasteiger partial charge in [-0.05, 0) is 31.2 Å². The molecule has 1 N–H and O–H groups in total. The average Bonchev–Trinajstić information content (AvgIpc) is 3.30. The van der Waals surface area contributed by atoms with Gasteiger partial charge < -0.3 is 15.0 Å². The Hall–Kier alpha value is -1.55. The molecule has 0 saturated heterocycles. The number of hydrogen-bond donors (Lipinski definition) is 1. The van der Waals surface area contributed by atoms with E-state index in [4.69, 9.17) is 4.74 Å². The lowest BCUT2D eigenvalue weighted by Crippen LogP contribution is -2.40. The monoisotopic (exact) mass is 289 g/mol. The molecule has 21 heavy (non-hydrogen) atoms. The Balaban J connectivity index is 1.69. The first kappa shape index (κ1) is 15.8. The van der Waals surface area contributed by atoms with Crippen molar-refractivity contribution in [3.05, 3.63) is 35.4 Å². The predicted octanol–water partition coefficient (Wildman–Crippen LogP) is 2.43. The van der Waals surface area contributed by atoms with Crippen LogP contribution >= 0.6 is 0 Å². The summed E-state index contributed by atoms with van der Waals surface area (Å²) in [6, 6.07) is 8.56. The number of nitrogens with zero attached hydrogens (tertiary/aromatic N) is 2. The highest BCUT2D eigenvalue weighted by Crippen LogP contribution is 2.28. The van der Waals surface area contributed by atoms with E-state index in [1.807, 2.05) is 14.1 Å². The molecule has 0 atom stereocenters. The molecule has 1 aliphatic carbocycles. The molecular weight excluding hydrogens is 262 g/mol. The summed E-state index contributed by atoms with van der Waals surface area (Å²) in [4.78, 5) is 6.43. The molecule has 1 aromatic carbocycles. The second-order valence-electron chi connectivity index (χ2n) is 5.83. The molecule has 0 spiro atoms.